The van der Waals surface area contributed by atoms with Crippen LogP contribution in [0.5, 0.6) is 0 Å². The average molecular weight is 333 g/mol. The zero-order chi connectivity index (χ0) is 17.3. The van der Waals surface area contributed by atoms with Gasteiger partial charge in [-0.25, -0.2) is 0 Å². The molecule has 0 amide bonds. The van der Waals surface area contributed by atoms with E-state index < -0.39 is 0 Å². The summed E-state index contributed by atoms with van der Waals surface area (Å²) in [5.41, 5.74) is 4.27. The molecule has 0 spiro atoms. The van der Waals surface area contributed by atoms with Crippen LogP contribution in [0.15, 0.2) is 30.3 Å². The molecule has 0 bridgehead atoms. The third kappa shape index (κ3) is 10.8. The Morgan fingerprint density at radius 1 is 0.708 bits per heavy atom. The van der Waals surface area contributed by atoms with E-state index in [0.717, 1.165) is 6.42 Å². The molecule has 3 N–H and O–H groups in total. The van der Waals surface area contributed by atoms with Crippen molar-refractivity contribution in [2.24, 2.45) is 5.84 Å². The molecule has 1 unspecified atom stereocenters. The largest absolute Gasteiger partial charge is 0.271 e. The van der Waals surface area contributed by atoms with Gasteiger partial charge < -0.3 is 0 Å². The van der Waals surface area contributed by atoms with Crippen LogP contribution in [0, 0.1) is 0 Å². The minimum atomic E-state index is 0.305. The van der Waals surface area contributed by atoms with E-state index in [-0.39, 0.29) is 0 Å². The lowest BCUT2D eigenvalue weighted by Crippen LogP contribution is -2.27. The number of rotatable bonds is 16. The smallest absolute Gasteiger partial charge is 0.0460 e. The molecule has 1 atom stereocenters. The van der Waals surface area contributed by atoms with E-state index >= 15 is 0 Å². The van der Waals surface area contributed by atoms with Crippen LogP contribution in [-0.4, -0.2) is 0 Å². The Labute approximate surface area is 150 Å². The molecule has 1 aromatic rings. The molecule has 0 fully saturated rings. The van der Waals surface area contributed by atoms with Crippen molar-refractivity contribution in [1.82, 2.24) is 5.43 Å². The van der Waals surface area contributed by atoms with Crippen LogP contribution in [0.2, 0.25) is 0 Å². The Kier molecular flexibility index (Phi) is 13.8. The van der Waals surface area contributed by atoms with E-state index in [1.807, 2.05) is 0 Å². The molecule has 0 aliphatic carbocycles. The van der Waals surface area contributed by atoms with Crippen molar-refractivity contribution in [2.75, 3.05) is 0 Å². The Morgan fingerprint density at radius 3 is 1.62 bits per heavy atom. The second-order valence-electron chi connectivity index (χ2n) is 7.16. The highest BCUT2D eigenvalue weighted by molar-refractivity contribution is 5.18. The van der Waals surface area contributed by atoms with Crippen LogP contribution in [-0.2, 0) is 0 Å². The van der Waals surface area contributed by atoms with Gasteiger partial charge in [0.05, 0.1) is 0 Å². The molecule has 2 nitrogen and oxygen atoms in total. The molecule has 0 aromatic heterocycles. The van der Waals surface area contributed by atoms with Gasteiger partial charge in [-0.2, -0.15) is 0 Å². The number of hydrogen-bond acceptors (Lipinski definition) is 2. The summed E-state index contributed by atoms with van der Waals surface area (Å²) in [7, 11) is 0. The Bertz CT molecular complexity index is 363. The first-order valence-electron chi connectivity index (χ1n) is 10.4. The van der Waals surface area contributed by atoms with Gasteiger partial charge in [-0.15, -0.1) is 0 Å². The second-order valence-corrected chi connectivity index (χ2v) is 7.16. The molecule has 0 saturated carbocycles. The molecule has 138 valence electrons. The van der Waals surface area contributed by atoms with Crippen LogP contribution in [0.4, 0.5) is 0 Å². The van der Waals surface area contributed by atoms with Crippen molar-refractivity contribution in [2.45, 2.75) is 103 Å². The fraction of sp³-hybridized carbons (Fsp3) is 0.727. The molecule has 0 aliphatic heterocycles. The minimum absolute atomic E-state index is 0.305. The topological polar surface area (TPSA) is 38.0 Å². The van der Waals surface area contributed by atoms with Crippen molar-refractivity contribution < 1.29 is 0 Å². The Balaban J connectivity index is 1.88. The van der Waals surface area contributed by atoms with E-state index in [1.54, 1.807) is 0 Å². The first kappa shape index (κ1) is 21.2. The van der Waals surface area contributed by atoms with Gasteiger partial charge in [-0.3, -0.25) is 11.3 Å². The summed E-state index contributed by atoms with van der Waals surface area (Å²) in [5.74, 6) is 5.70. The number of unbranched alkanes of at least 4 members (excludes halogenated alkanes) is 12. The number of benzene rings is 1. The average Bonchev–Trinajstić information content (AvgIpc) is 2.63. The maximum atomic E-state index is 5.70. The lowest BCUT2D eigenvalue weighted by molar-refractivity contribution is 0.473. The lowest BCUT2D eigenvalue weighted by atomic mass is 10.00. The summed E-state index contributed by atoms with van der Waals surface area (Å²) in [6.45, 7) is 2.29. The molecular formula is C22H40N2. The molecule has 0 saturated heterocycles. The van der Waals surface area contributed by atoms with Crippen molar-refractivity contribution in [1.29, 1.82) is 0 Å². The Hall–Kier alpha value is -0.860. The first-order valence-corrected chi connectivity index (χ1v) is 10.4. The molecular weight excluding hydrogens is 292 g/mol. The van der Waals surface area contributed by atoms with Gasteiger partial charge in [0.2, 0.25) is 0 Å². The predicted octanol–water partition coefficient (Wildman–Crippen LogP) is 6.67. The summed E-state index contributed by atoms with van der Waals surface area (Å²) < 4.78 is 0. The number of nitrogens with one attached hydrogen (secondary N) is 1. The van der Waals surface area contributed by atoms with Gasteiger partial charge in [0, 0.05) is 6.04 Å². The normalized spacial score (nSPS) is 12.4. The maximum Gasteiger partial charge on any atom is 0.0460 e. The molecule has 1 aromatic carbocycles. The van der Waals surface area contributed by atoms with Gasteiger partial charge >= 0.3 is 0 Å². The van der Waals surface area contributed by atoms with Crippen LogP contribution in [0.1, 0.15) is 108 Å². The van der Waals surface area contributed by atoms with Crippen LogP contribution < -0.4 is 11.3 Å². The fourth-order valence-electron chi connectivity index (χ4n) is 3.40. The summed E-state index contributed by atoms with van der Waals surface area (Å²) in [5, 5.41) is 0. The number of nitrogens with two attached hydrogens (primary N) is 1. The number of hydrogen-bond donors (Lipinski definition) is 2. The molecule has 1 rings (SSSR count). The highest BCUT2D eigenvalue weighted by Gasteiger charge is 2.07. The van der Waals surface area contributed by atoms with Crippen molar-refractivity contribution in [3.05, 3.63) is 35.9 Å². The van der Waals surface area contributed by atoms with Crippen LogP contribution in [0.25, 0.3) is 0 Å². The molecule has 24 heavy (non-hydrogen) atoms. The van der Waals surface area contributed by atoms with E-state index in [1.165, 1.54) is 89.0 Å². The highest BCUT2D eigenvalue weighted by Crippen LogP contribution is 2.19. The summed E-state index contributed by atoms with van der Waals surface area (Å²) >= 11 is 0. The molecule has 2 heteroatoms. The van der Waals surface area contributed by atoms with Gasteiger partial charge in [0.15, 0.2) is 0 Å². The monoisotopic (exact) mass is 332 g/mol. The third-order valence-corrected chi connectivity index (χ3v) is 5.00. The third-order valence-electron chi connectivity index (χ3n) is 5.00. The Morgan fingerprint density at radius 2 is 1.17 bits per heavy atom. The fourth-order valence-corrected chi connectivity index (χ4v) is 3.40. The van der Waals surface area contributed by atoms with Gasteiger partial charge in [-0.05, 0) is 12.0 Å². The predicted molar refractivity (Wildman–Crippen MR) is 107 cm³/mol. The SMILES string of the molecule is CCCCCCCCCCCCCCCC(NN)c1ccccc1. The molecule has 0 radical (unpaired) electrons. The zero-order valence-electron chi connectivity index (χ0n) is 15.9. The van der Waals surface area contributed by atoms with Crippen molar-refractivity contribution in [3.8, 4) is 0 Å². The molecule has 0 aliphatic rings. The first-order chi connectivity index (χ1) is 11.9. The van der Waals surface area contributed by atoms with E-state index in [0.29, 0.717) is 6.04 Å². The maximum absolute atomic E-state index is 5.70. The van der Waals surface area contributed by atoms with Crippen molar-refractivity contribution >= 4 is 0 Å². The summed E-state index contributed by atoms with van der Waals surface area (Å²) in [6, 6.07) is 10.9. The second kappa shape index (κ2) is 15.7. The van der Waals surface area contributed by atoms with Crippen LogP contribution >= 0.6 is 0 Å². The van der Waals surface area contributed by atoms with E-state index in [4.69, 9.17) is 5.84 Å². The van der Waals surface area contributed by atoms with E-state index in [2.05, 4.69) is 42.7 Å². The summed E-state index contributed by atoms with van der Waals surface area (Å²) in [6.07, 6.45) is 19.4. The van der Waals surface area contributed by atoms with Crippen LogP contribution in [0.3, 0.4) is 0 Å². The standard InChI is InChI=1S/C22H40N2/c1-2-3-4-5-6-7-8-9-10-11-12-13-17-20-22(24-23)21-18-15-14-16-19-21/h14-16,18-19,22,24H,2-13,17,20,23H2,1H3. The van der Waals surface area contributed by atoms with Gasteiger partial charge in [-0.1, -0.05) is 121 Å². The highest BCUT2D eigenvalue weighted by atomic mass is 15.2. The number of hydrazine groups is 1. The van der Waals surface area contributed by atoms with Gasteiger partial charge in [0.1, 0.15) is 0 Å². The minimum Gasteiger partial charge on any atom is -0.271 e. The summed E-state index contributed by atoms with van der Waals surface area (Å²) in [4.78, 5) is 0. The van der Waals surface area contributed by atoms with Gasteiger partial charge in [0.25, 0.3) is 0 Å². The quantitative estimate of drug-likeness (QED) is 0.201. The van der Waals surface area contributed by atoms with E-state index in [9.17, 15) is 0 Å². The van der Waals surface area contributed by atoms with Crippen molar-refractivity contribution in [3.63, 3.8) is 0 Å². The molecule has 0 heterocycles. The lowest BCUT2D eigenvalue weighted by Gasteiger charge is -2.16. The zero-order valence-corrected chi connectivity index (χ0v) is 15.9.